The van der Waals surface area contributed by atoms with Gasteiger partial charge in [-0.05, 0) is 36.6 Å². The average Bonchev–Trinajstić information content (AvgIpc) is 2.69. The van der Waals surface area contributed by atoms with Crippen LogP contribution in [0, 0.1) is 6.92 Å². The van der Waals surface area contributed by atoms with Crippen molar-refractivity contribution in [3.63, 3.8) is 0 Å². The number of hydrogen-bond donors (Lipinski definition) is 1. The summed E-state index contributed by atoms with van der Waals surface area (Å²) in [6.07, 6.45) is 0.807. The molecule has 5 heteroatoms. The van der Waals surface area contributed by atoms with Crippen molar-refractivity contribution < 1.29 is 14.3 Å². The Bertz CT molecular complexity index is 771. The average molecular weight is 368 g/mol. The van der Waals surface area contributed by atoms with Crippen LogP contribution in [0.4, 0.5) is 0 Å². The Morgan fingerprint density at radius 3 is 2.41 bits per heavy atom. The summed E-state index contributed by atoms with van der Waals surface area (Å²) in [6.45, 7) is 4.28. The molecule has 0 radical (unpaired) electrons. The van der Waals surface area contributed by atoms with Crippen molar-refractivity contribution >= 4 is 11.8 Å². The fourth-order valence-electron chi connectivity index (χ4n) is 3.04. The number of nitrogens with zero attached hydrogens (tertiary/aromatic N) is 1. The molecule has 1 atom stereocenters. The van der Waals surface area contributed by atoms with Crippen molar-refractivity contribution in [3.8, 4) is 5.75 Å². The monoisotopic (exact) mass is 368 g/mol. The molecule has 0 aliphatic rings. The molecule has 5 nitrogen and oxygen atoms in total. The maximum Gasteiger partial charge on any atom is 0.242 e. The van der Waals surface area contributed by atoms with Crippen LogP contribution in [-0.2, 0) is 22.6 Å². The molecule has 0 spiro atoms. The number of nitrogens with one attached hydrogen (secondary N) is 1. The van der Waals surface area contributed by atoms with E-state index in [2.05, 4.69) is 5.32 Å². The summed E-state index contributed by atoms with van der Waals surface area (Å²) in [5, 5.41) is 2.67. The Morgan fingerprint density at radius 1 is 1.11 bits per heavy atom. The van der Waals surface area contributed by atoms with Crippen LogP contribution in [0.15, 0.2) is 48.5 Å². The second kappa shape index (κ2) is 9.76. The molecule has 2 aromatic rings. The number of carbonyl (C=O) groups is 2. The largest absolute Gasteiger partial charge is 0.497 e. The number of aryl methyl sites for hydroxylation is 1. The van der Waals surface area contributed by atoms with Gasteiger partial charge in [0.15, 0.2) is 0 Å². The normalized spacial score (nSPS) is 11.6. The molecular formula is C22H28N2O3. The van der Waals surface area contributed by atoms with Gasteiger partial charge in [0.1, 0.15) is 11.8 Å². The number of hydrogen-bond acceptors (Lipinski definition) is 3. The van der Waals surface area contributed by atoms with Crippen LogP contribution in [0.25, 0.3) is 0 Å². The van der Waals surface area contributed by atoms with Crippen LogP contribution < -0.4 is 10.1 Å². The Balaban J connectivity index is 2.28. The van der Waals surface area contributed by atoms with Gasteiger partial charge in [-0.2, -0.15) is 0 Å². The highest BCUT2D eigenvalue weighted by atomic mass is 16.5. The van der Waals surface area contributed by atoms with Crippen LogP contribution in [0.5, 0.6) is 5.75 Å². The number of methoxy groups -OCH3 is 1. The zero-order valence-electron chi connectivity index (χ0n) is 16.5. The molecule has 2 aromatic carbocycles. The van der Waals surface area contributed by atoms with Gasteiger partial charge in [0.05, 0.1) is 13.5 Å². The molecule has 0 saturated heterocycles. The second-order valence-corrected chi connectivity index (χ2v) is 6.57. The minimum atomic E-state index is -0.515. The maximum atomic E-state index is 13.1. The quantitative estimate of drug-likeness (QED) is 0.779. The lowest BCUT2D eigenvalue weighted by Gasteiger charge is -2.30. The van der Waals surface area contributed by atoms with E-state index in [1.54, 1.807) is 19.1 Å². The third kappa shape index (κ3) is 5.58. The first-order valence-electron chi connectivity index (χ1n) is 9.18. The highest BCUT2D eigenvalue weighted by Crippen LogP contribution is 2.18. The van der Waals surface area contributed by atoms with Crippen LogP contribution in [0.1, 0.15) is 30.0 Å². The van der Waals surface area contributed by atoms with E-state index < -0.39 is 6.04 Å². The molecule has 0 aliphatic heterocycles. The predicted molar refractivity (Wildman–Crippen MR) is 107 cm³/mol. The molecule has 0 unspecified atom stereocenters. The molecular weight excluding hydrogens is 340 g/mol. The first-order chi connectivity index (χ1) is 13.0. The fourth-order valence-corrected chi connectivity index (χ4v) is 3.04. The van der Waals surface area contributed by atoms with Gasteiger partial charge < -0.3 is 15.0 Å². The van der Waals surface area contributed by atoms with Crippen LogP contribution in [0.3, 0.4) is 0 Å². The van der Waals surface area contributed by atoms with Gasteiger partial charge >= 0.3 is 0 Å². The van der Waals surface area contributed by atoms with Gasteiger partial charge in [0, 0.05) is 13.6 Å². The lowest BCUT2D eigenvalue weighted by Crippen LogP contribution is -2.48. The first-order valence-corrected chi connectivity index (χ1v) is 9.18. The van der Waals surface area contributed by atoms with Crippen molar-refractivity contribution in [1.82, 2.24) is 10.2 Å². The van der Waals surface area contributed by atoms with E-state index in [0.29, 0.717) is 13.0 Å². The minimum absolute atomic E-state index is 0.0721. The summed E-state index contributed by atoms with van der Waals surface area (Å²) in [6, 6.07) is 15.0. The SMILES string of the molecule is CC[C@H](C(=O)NC)N(Cc1cccc(OC)c1)C(=O)Cc1ccc(C)cc1. The van der Waals surface area contributed by atoms with Gasteiger partial charge in [-0.25, -0.2) is 0 Å². The molecule has 1 N–H and O–H groups in total. The van der Waals surface area contributed by atoms with E-state index in [4.69, 9.17) is 4.74 Å². The minimum Gasteiger partial charge on any atom is -0.497 e. The zero-order chi connectivity index (χ0) is 19.8. The van der Waals surface area contributed by atoms with Crippen molar-refractivity contribution in [1.29, 1.82) is 0 Å². The van der Waals surface area contributed by atoms with E-state index >= 15 is 0 Å². The Kier molecular flexibility index (Phi) is 7.41. The Hall–Kier alpha value is -2.82. The van der Waals surface area contributed by atoms with Gasteiger partial charge in [-0.1, -0.05) is 48.9 Å². The van der Waals surface area contributed by atoms with Gasteiger partial charge in [-0.3, -0.25) is 9.59 Å². The molecule has 2 rings (SSSR count). The lowest BCUT2D eigenvalue weighted by molar-refractivity contribution is -0.140. The summed E-state index contributed by atoms with van der Waals surface area (Å²) < 4.78 is 5.28. The molecule has 0 aromatic heterocycles. The summed E-state index contributed by atoms with van der Waals surface area (Å²) in [5.74, 6) is 0.501. The molecule has 0 fully saturated rings. The molecule has 144 valence electrons. The van der Waals surface area contributed by atoms with Crippen LogP contribution in [-0.4, -0.2) is 36.9 Å². The third-order valence-corrected chi connectivity index (χ3v) is 4.60. The van der Waals surface area contributed by atoms with E-state index in [0.717, 1.165) is 22.4 Å². The number of benzene rings is 2. The van der Waals surface area contributed by atoms with E-state index in [1.165, 1.54) is 0 Å². The molecule has 0 heterocycles. The number of rotatable bonds is 8. The number of carbonyl (C=O) groups excluding carboxylic acids is 2. The van der Waals surface area contributed by atoms with Crippen LogP contribution >= 0.6 is 0 Å². The third-order valence-electron chi connectivity index (χ3n) is 4.60. The highest BCUT2D eigenvalue weighted by Gasteiger charge is 2.28. The van der Waals surface area contributed by atoms with E-state index in [1.807, 2.05) is 62.4 Å². The first kappa shape index (κ1) is 20.5. The molecule has 27 heavy (non-hydrogen) atoms. The Labute approximate surface area is 161 Å². The molecule has 0 saturated carbocycles. The van der Waals surface area contributed by atoms with Crippen LogP contribution in [0.2, 0.25) is 0 Å². The second-order valence-electron chi connectivity index (χ2n) is 6.57. The van der Waals surface area contributed by atoms with Crippen molar-refractivity contribution in [2.75, 3.05) is 14.2 Å². The van der Waals surface area contributed by atoms with Crippen molar-refractivity contribution in [2.24, 2.45) is 0 Å². The number of amides is 2. The van der Waals surface area contributed by atoms with Gasteiger partial charge in [0.25, 0.3) is 0 Å². The number of likely N-dealkylation sites (N-methyl/N-ethyl adjacent to an activating group) is 1. The summed E-state index contributed by atoms with van der Waals surface area (Å²) >= 11 is 0. The maximum absolute atomic E-state index is 13.1. The van der Waals surface area contributed by atoms with E-state index in [9.17, 15) is 9.59 Å². The predicted octanol–water partition coefficient (Wildman–Crippen LogP) is 3.10. The number of ether oxygens (including phenoxy) is 1. The summed E-state index contributed by atoms with van der Waals surface area (Å²) in [4.78, 5) is 27.1. The van der Waals surface area contributed by atoms with E-state index in [-0.39, 0.29) is 18.2 Å². The Morgan fingerprint density at radius 2 is 1.81 bits per heavy atom. The summed E-state index contributed by atoms with van der Waals surface area (Å²) in [7, 11) is 3.21. The molecule has 0 aliphatic carbocycles. The highest BCUT2D eigenvalue weighted by molar-refractivity contribution is 5.88. The standard InChI is InChI=1S/C22H28N2O3/c1-5-20(22(26)23-3)24(15-18-7-6-8-19(13-18)27-4)21(25)14-17-11-9-16(2)10-12-17/h6-13,20H,5,14-15H2,1-4H3,(H,23,26)/t20-/m1/s1. The smallest absolute Gasteiger partial charge is 0.242 e. The molecule has 2 amide bonds. The van der Waals surface area contributed by atoms with Crippen molar-refractivity contribution in [3.05, 3.63) is 65.2 Å². The zero-order valence-corrected chi connectivity index (χ0v) is 16.5. The molecule has 0 bridgehead atoms. The summed E-state index contributed by atoms with van der Waals surface area (Å²) in [5.41, 5.74) is 3.01. The van der Waals surface area contributed by atoms with Crippen molar-refractivity contribution in [2.45, 2.75) is 39.3 Å². The lowest BCUT2D eigenvalue weighted by atomic mass is 10.1. The van der Waals surface area contributed by atoms with Gasteiger partial charge in [-0.15, -0.1) is 0 Å². The topological polar surface area (TPSA) is 58.6 Å². The van der Waals surface area contributed by atoms with Gasteiger partial charge in [0.2, 0.25) is 11.8 Å². The fraction of sp³-hybridized carbons (Fsp3) is 0.364.